The summed E-state index contributed by atoms with van der Waals surface area (Å²) in [6.45, 7) is 10.4. The third kappa shape index (κ3) is 8.72. The van der Waals surface area contributed by atoms with E-state index >= 15 is 0 Å². The van der Waals surface area contributed by atoms with Gasteiger partial charge in [-0.1, -0.05) is 12.1 Å². The maximum atomic E-state index is 13.9. The number of methoxy groups -OCH3 is 1. The summed E-state index contributed by atoms with van der Waals surface area (Å²) in [6.07, 6.45) is -0.885. The molecule has 0 spiro atoms. The molecule has 0 atom stereocenters. The fourth-order valence-electron chi connectivity index (χ4n) is 5.52. The molecule has 0 saturated carbocycles. The van der Waals surface area contributed by atoms with Gasteiger partial charge in [-0.15, -0.1) is 5.10 Å². The number of rotatable bonds is 12. The van der Waals surface area contributed by atoms with E-state index in [4.69, 9.17) is 9.47 Å². The zero-order chi connectivity index (χ0) is 33.4. The molecule has 0 bridgehead atoms. The van der Waals surface area contributed by atoms with Crippen molar-refractivity contribution in [2.75, 3.05) is 89.4 Å². The number of piperazine rings is 1. The van der Waals surface area contributed by atoms with Crippen LogP contribution >= 0.6 is 0 Å². The number of benzene rings is 1. The molecule has 2 fully saturated rings. The van der Waals surface area contributed by atoms with Gasteiger partial charge >= 0.3 is 12.2 Å². The summed E-state index contributed by atoms with van der Waals surface area (Å²) in [5.41, 5.74) is -0.747. The van der Waals surface area contributed by atoms with Crippen LogP contribution in [0.15, 0.2) is 30.6 Å². The molecule has 3 aromatic rings. The van der Waals surface area contributed by atoms with Gasteiger partial charge < -0.3 is 25.0 Å². The van der Waals surface area contributed by atoms with Crippen molar-refractivity contribution < 1.29 is 32.2 Å². The molecule has 14 nitrogen and oxygen atoms in total. The van der Waals surface area contributed by atoms with Crippen molar-refractivity contribution in [3.05, 3.63) is 47.5 Å². The van der Waals surface area contributed by atoms with E-state index in [1.165, 1.54) is 10.9 Å². The smallest absolute Gasteiger partial charge is 0.434 e. The van der Waals surface area contributed by atoms with E-state index in [-0.39, 0.29) is 17.3 Å². The zero-order valence-corrected chi connectivity index (χ0v) is 26.4. The van der Waals surface area contributed by atoms with Crippen LogP contribution in [-0.4, -0.2) is 126 Å². The first-order chi connectivity index (χ1) is 22.7. The maximum absolute atomic E-state index is 13.9. The van der Waals surface area contributed by atoms with Crippen molar-refractivity contribution in [3.8, 4) is 11.7 Å². The van der Waals surface area contributed by atoms with Crippen LogP contribution in [0.3, 0.4) is 0 Å². The number of aromatic nitrogens is 5. The normalized spacial score (nSPS) is 16.2. The fourth-order valence-corrected chi connectivity index (χ4v) is 5.52. The third-order valence-corrected chi connectivity index (χ3v) is 7.97. The zero-order valence-electron chi connectivity index (χ0n) is 26.4. The summed E-state index contributed by atoms with van der Waals surface area (Å²) < 4.78 is 53.1. The van der Waals surface area contributed by atoms with Gasteiger partial charge in [-0.05, 0) is 44.1 Å². The molecular formula is C30H39F3N10O4. The van der Waals surface area contributed by atoms with Crippen molar-refractivity contribution in [2.24, 2.45) is 0 Å². The highest BCUT2D eigenvalue weighted by Gasteiger charge is 2.38. The summed E-state index contributed by atoms with van der Waals surface area (Å²) in [6, 6.07) is 4.59. The molecule has 0 radical (unpaired) electrons. The standard InChI is InChI=1S/C30H39F3N10O4/c1-3-8-40-10-12-42(13-11-40)25-6-5-21(18-23(25)36-27(44)22-19-35-29(46-2)37-26(22)30(31,32)33)43-20-24(38-39-43)28(45)34-7-4-9-41-14-16-47-17-15-41/h5-6,18-20H,3-4,7-17H2,1-2H3,(H,34,45)(H,36,44). The van der Waals surface area contributed by atoms with Crippen LogP contribution in [0.25, 0.3) is 5.69 Å². The molecule has 0 aliphatic carbocycles. The van der Waals surface area contributed by atoms with Gasteiger partial charge in [0.05, 0.1) is 49.1 Å². The highest BCUT2D eigenvalue weighted by molar-refractivity contribution is 6.06. The lowest BCUT2D eigenvalue weighted by atomic mass is 10.1. The lowest BCUT2D eigenvalue weighted by molar-refractivity contribution is -0.141. The Labute approximate surface area is 270 Å². The third-order valence-electron chi connectivity index (χ3n) is 7.97. The van der Waals surface area contributed by atoms with Gasteiger partial charge in [0.15, 0.2) is 11.4 Å². The van der Waals surface area contributed by atoms with Crippen molar-refractivity contribution in [3.63, 3.8) is 0 Å². The lowest BCUT2D eigenvalue weighted by Gasteiger charge is -2.37. The Hall–Kier alpha value is -4.35. The van der Waals surface area contributed by atoms with E-state index in [1.54, 1.807) is 18.2 Å². The number of halogens is 3. The van der Waals surface area contributed by atoms with Crippen molar-refractivity contribution in [1.29, 1.82) is 0 Å². The largest absolute Gasteiger partial charge is 0.467 e. The summed E-state index contributed by atoms with van der Waals surface area (Å²) in [5, 5.41) is 13.6. The van der Waals surface area contributed by atoms with Crippen LogP contribution in [0.2, 0.25) is 0 Å². The molecule has 2 amide bonds. The molecule has 47 heavy (non-hydrogen) atoms. The monoisotopic (exact) mass is 660 g/mol. The predicted molar refractivity (Wildman–Crippen MR) is 166 cm³/mol. The van der Waals surface area contributed by atoms with E-state index in [9.17, 15) is 22.8 Å². The van der Waals surface area contributed by atoms with Gasteiger partial charge in [0, 0.05) is 52.0 Å². The van der Waals surface area contributed by atoms with Crippen molar-refractivity contribution in [1.82, 2.24) is 40.1 Å². The van der Waals surface area contributed by atoms with E-state index < -0.39 is 29.4 Å². The fraction of sp³-hybridized carbons (Fsp3) is 0.533. The second-order valence-corrected chi connectivity index (χ2v) is 11.2. The topological polar surface area (TPSA) is 143 Å². The minimum Gasteiger partial charge on any atom is -0.467 e. The SMILES string of the molecule is CCCN1CCN(c2ccc(-n3cc(C(=O)NCCCN4CCOCC4)nn3)cc2NC(=O)c2cnc(OC)nc2C(F)(F)F)CC1. The van der Waals surface area contributed by atoms with Crippen LogP contribution < -0.4 is 20.3 Å². The number of hydrogen-bond acceptors (Lipinski definition) is 11. The van der Waals surface area contributed by atoms with Gasteiger partial charge in [0.1, 0.15) is 0 Å². The number of carbonyl (C=O) groups excluding carboxylic acids is 2. The highest BCUT2D eigenvalue weighted by Crippen LogP contribution is 2.34. The first-order valence-corrected chi connectivity index (χ1v) is 15.6. The Morgan fingerprint density at radius 2 is 1.77 bits per heavy atom. The van der Waals surface area contributed by atoms with E-state index in [1.807, 2.05) is 0 Å². The van der Waals surface area contributed by atoms with Gasteiger partial charge in [-0.3, -0.25) is 19.4 Å². The summed E-state index contributed by atoms with van der Waals surface area (Å²) in [5.74, 6) is -1.42. The Balaban J connectivity index is 1.35. The quantitative estimate of drug-likeness (QED) is 0.277. The highest BCUT2D eigenvalue weighted by atomic mass is 19.4. The number of morpholine rings is 1. The Morgan fingerprint density at radius 1 is 1.02 bits per heavy atom. The van der Waals surface area contributed by atoms with Gasteiger partial charge in [-0.25, -0.2) is 9.67 Å². The molecule has 4 heterocycles. The van der Waals surface area contributed by atoms with Gasteiger partial charge in [0.25, 0.3) is 11.8 Å². The van der Waals surface area contributed by atoms with E-state index in [2.05, 4.69) is 52.5 Å². The Kier molecular flexibility index (Phi) is 11.2. The van der Waals surface area contributed by atoms with E-state index in [0.717, 1.165) is 65.4 Å². The average molecular weight is 661 g/mol. The number of alkyl halides is 3. The first-order valence-electron chi connectivity index (χ1n) is 15.6. The predicted octanol–water partition coefficient (Wildman–Crippen LogP) is 2.32. The number of nitrogens with one attached hydrogen (secondary N) is 2. The van der Waals surface area contributed by atoms with Crippen molar-refractivity contribution in [2.45, 2.75) is 25.9 Å². The molecule has 0 unspecified atom stereocenters. The van der Waals surface area contributed by atoms with Crippen molar-refractivity contribution >= 4 is 23.2 Å². The summed E-state index contributed by atoms with van der Waals surface area (Å²) >= 11 is 0. The first kappa shape index (κ1) is 34.0. The van der Waals surface area contributed by atoms with Gasteiger partial charge in [-0.2, -0.15) is 18.2 Å². The average Bonchev–Trinajstić information content (AvgIpc) is 3.58. The van der Waals surface area contributed by atoms with Crippen LogP contribution in [0.1, 0.15) is 46.3 Å². The molecule has 2 aliphatic heterocycles. The molecule has 2 aliphatic rings. The molecular weight excluding hydrogens is 621 g/mol. The molecule has 2 saturated heterocycles. The number of carbonyl (C=O) groups is 2. The maximum Gasteiger partial charge on any atom is 0.434 e. The molecule has 2 N–H and O–H groups in total. The van der Waals surface area contributed by atoms with Crippen LogP contribution in [-0.2, 0) is 10.9 Å². The number of hydrogen-bond donors (Lipinski definition) is 2. The van der Waals surface area contributed by atoms with Crippen LogP contribution in [0.5, 0.6) is 6.01 Å². The summed E-state index contributed by atoms with van der Waals surface area (Å²) in [4.78, 5) is 39.9. The van der Waals surface area contributed by atoms with Crippen LogP contribution in [0.4, 0.5) is 24.5 Å². The molecule has 254 valence electrons. The number of nitrogens with zero attached hydrogens (tertiary/aromatic N) is 8. The molecule has 1 aromatic carbocycles. The minimum absolute atomic E-state index is 0.100. The lowest BCUT2D eigenvalue weighted by Crippen LogP contribution is -2.46. The minimum atomic E-state index is -4.93. The second-order valence-electron chi connectivity index (χ2n) is 11.2. The number of ether oxygens (including phenoxy) is 2. The molecule has 2 aromatic heterocycles. The van der Waals surface area contributed by atoms with E-state index in [0.29, 0.717) is 44.2 Å². The Bertz CT molecular complexity index is 1520. The second kappa shape index (κ2) is 15.5. The van der Waals surface area contributed by atoms with Crippen LogP contribution in [0, 0.1) is 0 Å². The summed E-state index contributed by atoms with van der Waals surface area (Å²) in [7, 11) is 1.14. The molecule has 17 heteroatoms. The van der Waals surface area contributed by atoms with Gasteiger partial charge in [0.2, 0.25) is 0 Å². The Morgan fingerprint density at radius 3 is 2.47 bits per heavy atom. The number of anilines is 2. The molecule has 5 rings (SSSR count). The number of amides is 2.